The van der Waals surface area contributed by atoms with Gasteiger partial charge in [0.25, 0.3) is 0 Å². The number of hydrogen-bond donors (Lipinski definition) is 0. The molecule has 4 aliphatic rings. The zero-order valence-corrected chi connectivity index (χ0v) is 22.1. The Morgan fingerprint density at radius 1 is 1.26 bits per heavy atom. The Labute approximate surface area is 212 Å². The Bertz CT molecular complexity index is 1250. The SMILES string of the molecule is C#CC1C2=C(C=CCC2C2(C=CCC)CC2C)c2cc(C3=C(C)CCC=C3C)ccc2N1/C=C\C. The first kappa shape index (κ1) is 23.7. The molecule has 35 heavy (non-hydrogen) atoms. The summed E-state index contributed by atoms with van der Waals surface area (Å²) in [6.45, 7) is 11.3. The minimum absolute atomic E-state index is 0.0496. The highest BCUT2D eigenvalue weighted by Crippen LogP contribution is 2.64. The van der Waals surface area contributed by atoms with E-state index in [1.807, 2.05) is 0 Å². The van der Waals surface area contributed by atoms with Crippen LogP contribution in [0.15, 0.2) is 77.6 Å². The molecule has 4 atom stereocenters. The zero-order chi connectivity index (χ0) is 24.7. The normalized spacial score (nSPS) is 30.0. The third-order valence-electron chi connectivity index (χ3n) is 8.76. The molecule has 5 rings (SSSR count). The fourth-order valence-electron chi connectivity index (χ4n) is 6.93. The summed E-state index contributed by atoms with van der Waals surface area (Å²) in [4.78, 5) is 2.35. The summed E-state index contributed by atoms with van der Waals surface area (Å²) in [5, 5.41) is 0. The number of rotatable bonds is 5. The molecule has 0 N–H and O–H groups in total. The Morgan fingerprint density at radius 2 is 2.06 bits per heavy atom. The average Bonchev–Trinajstić information content (AvgIpc) is 3.52. The summed E-state index contributed by atoms with van der Waals surface area (Å²) < 4.78 is 0. The zero-order valence-electron chi connectivity index (χ0n) is 22.1. The molecule has 0 amide bonds. The van der Waals surface area contributed by atoms with Gasteiger partial charge in [-0.15, -0.1) is 6.42 Å². The monoisotopic (exact) mass is 461 g/mol. The van der Waals surface area contributed by atoms with Crippen LogP contribution in [0.1, 0.15) is 77.8 Å². The predicted octanol–water partition coefficient (Wildman–Crippen LogP) is 8.88. The fraction of sp³-hybridized carbons (Fsp3) is 0.412. The largest absolute Gasteiger partial charge is 0.330 e. The molecule has 1 aromatic carbocycles. The van der Waals surface area contributed by atoms with Crippen molar-refractivity contribution in [3.05, 3.63) is 88.7 Å². The van der Waals surface area contributed by atoms with Crippen molar-refractivity contribution >= 4 is 16.8 Å². The maximum atomic E-state index is 6.32. The first-order chi connectivity index (χ1) is 17.0. The van der Waals surface area contributed by atoms with Crippen molar-refractivity contribution < 1.29 is 0 Å². The first-order valence-electron chi connectivity index (χ1n) is 13.4. The van der Waals surface area contributed by atoms with Crippen LogP contribution in [0.4, 0.5) is 5.69 Å². The predicted molar refractivity (Wildman–Crippen MR) is 152 cm³/mol. The Hall–Kier alpha value is -2.98. The minimum atomic E-state index is -0.0496. The third-order valence-corrected chi connectivity index (χ3v) is 8.76. The summed E-state index contributed by atoms with van der Waals surface area (Å²) in [6.07, 6.45) is 28.4. The van der Waals surface area contributed by atoms with Gasteiger partial charge < -0.3 is 4.90 Å². The van der Waals surface area contributed by atoms with E-state index in [4.69, 9.17) is 6.42 Å². The molecule has 1 saturated carbocycles. The van der Waals surface area contributed by atoms with Crippen molar-refractivity contribution in [3.8, 4) is 12.3 Å². The molecule has 0 bridgehead atoms. The molecule has 1 aromatic rings. The van der Waals surface area contributed by atoms with Crippen LogP contribution in [0, 0.1) is 29.6 Å². The highest BCUT2D eigenvalue weighted by Gasteiger charge is 2.57. The second-order valence-electron chi connectivity index (χ2n) is 10.9. The second-order valence-corrected chi connectivity index (χ2v) is 10.9. The van der Waals surface area contributed by atoms with Crippen LogP contribution < -0.4 is 4.90 Å². The summed E-state index contributed by atoms with van der Waals surface area (Å²) in [5.41, 5.74) is 11.2. The van der Waals surface area contributed by atoms with Gasteiger partial charge in [-0.25, -0.2) is 0 Å². The van der Waals surface area contributed by atoms with Crippen LogP contribution >= 0.6 is 0 Å². The number of terminal acetylenes is 1. The maximum absolute atomic E-state index is 6.32. The molecule has 180 valence electrons. The lowest BCUT2D eigenvalue weighted by Crippen LogP contribution is -2.40. The smallest absolute Gasteiger partial charge is 0.117 e. The Balaban J connectivity index is 1.72. The number of nitrogens with zero attached hydrogens (tertiary/aromatic N) is 1. The molecular weight excluding hydrogens is 422 g/mol. The lowest BCUT2D eigenvalue weighted by Gasteiger charge is -2.43. The number of allylic oxidation sites excluding steroid dienone is 10. The summed E-state index contributed by atoms with van der Waals surface area (Å²) >= 11 is 0. The van der Waals surface area contributed by atoms with Gasteiger partial charge in [-0.3, -0.25) is 0 Å². The highest BCUT2D eigenvalue weighted by atomic mass is 15.2. The van der Waals surface area contributed by atoms with E-state index >= 15 is 0 Å². The van der Waals surface area contributed by atoms with Crippen LogP contribution in [0.5, 0.6) is 0 Å². The summed E-state index contributed by atoms with van der Waals surface area (Å²) in [7, 11) is 0. The van der Waals surface area contributed by atoms with Gasteiger partial charge in [0.2, 0.25) is 0 Å². The van der Waals surface area contributed by atoms with E-state index in [0.717, 1.165) is 25.7 Å². The van der Waals surface area contributed by atoms with Gasteiger partial charge in [-0.2, -0.15) is 0 Å². The van der Waals surface area contributed by atoms with E-state index in [2.05, 4.69) is 106 Å². The van der Waals surface area contributed by atoms with Gasteiger partial charge in [0.1, 0.15) is 6.04 Å². The van der Waals surface area contributed by atoms with Gasteiger partial charge in [-0.05, 0) is 110 Å². The molecule has 0 spiro atoms. The summed E-state index contributed by atoms with van der Waals surface area (Å²) in [5.74, 6) is 4.35. The van der Waals surface area contributed by atoms with Crippen molar-refractivity contribution in [1.82, 2.24) is 0 Å². The molecule has 1 heteroatoms. The Morgan fingerprint density at radius 3 is 2.71 bits per heavy atom. The number of benzene rings is 1. The lowest BCUT2D eigenvalue weighted by atomic mass is 9.69. The van der Waals surface area contributed by atoms with E-state index in [9.17, 15) is 0 Å². The molecule has 4 unspecified atom stereocenters. The molecular formula is C34H39N. The second kappa shape index (κ2) is 9.23. The van der Waals surface area contributed by atoms with E-state index < -0.39 is 0 Å². The Kier molecular flexibility index (Phi) is 6.27. The maximum Gasteiger partial charge on any atom is 0.117 e. The number of hydrogen-bond acceptors (Lipinski definition) is 1. The standard InChI is InChI=1S/C34H39N/c1-7-10-19-34(22-25(34)6)29-16-12-15-27-28-21-26(32-23(4)13-11-14-24(32)5)17-18-31(28)35(20-8-2)30(9-3)33(27)29/h3,8,10,12-13,15,17-21,25,29-30H,7,11,14,16,22H2,1-2,4-6H3/b19-10?,20-8-. The molecule has 0 saturated heterocycles. The van der Waals surface area contributed by atoms with E-state index in [1.54, 1.807) is 0 Å². The molecule has 3 aliphatic carbocycles. The van der Waals surface area contributed by atoms with Gasteiger partial charge in [0, 0.05) is 17.5 Å². The van der Waals surface area contributed by atoms with Crippen molar-refractivity contribution in [2.24, 2.45) is 17.3 Å². The van der Waals surface area contributed by atoms with Gasteiger partial charge in [0.05, 0.1) is 0 Å². The van der Waals surface area contributed by atoms with Crippen molar-refractivity contribution in [1.29, 1.82) is 0 Å². The van der Waals surface area contributed by atoms with E-state index in [0.29, 0.717) is 11.8 Å². The molecule has 0 radical (unpaired) electrons. The first-order valence-corrected chi connectivity index (χ1v) is 13.4. The molecule has 1 fully saturated rings. The van der Waals surface area contributed by atoms with Crippen molar-refractivity contribution in [2.75, 3.05) is 4.90 Å². The molecule has 1 heterocycles. The van der Waals surface area contributed by atoms with Gasteiger partial charge in [0.15, 0.2) is 0 Å². The van der Waals surface area contributed by atoms with Crippen molar-refractivity contribution in [2.45, 2.75) is 72.8 Å². The average molecular weight is 462 g/mol. The topological polar surface area (TPSA) is 3.24 Å². The molecule has 1 nitrogen and oxygen atoms in total. The van der Waals surface area contributed by atoms with Crippen molar-refractivity contribution in [3.63, 3.8) is 0 Å². The van der Waals surface area contributed by atoms with E-state index in [-0.39, 0.29) is 11.5 Å². The summed E-state index contributed by atoms with van der Waals surface area (Å²) in [6, 6.07) is 6.98. The van der Waals surface area contributed by atoms with Crippen LogP contribution in [0.25, 0.3) is 11.1 Å². The van der Waals surface area contributed by atoms with Crippen LogP contribution in [0.3, 0.4) is 0 Å². The molecule has 0 aromatic heterocycles. The van der Waals surface area contributed by atoms with Crippen LogP contribution in [-0.4, -0.2) is 6.04 Å². The van der Waals surface area contributed by atoms with Gasteiger partial charge in [-0.1, -0.05) is 67.9 Å². The number of fused-ring (bicyclic) bond motifs is 2. The van der Waals surface area contributed by atoms with Gasteiger partial charge >= 0.3 is 0 Å². The fourth-order valence-corrected chi connectivity index (χ4v) is 6.93. The quantitative estimate of drug-likeness (QED) is 0.312. The molecule has 1 aliphatic heterocycles. The number of anilines is 1. The highest BCUT2D eigenvalue weighted by molar-refractivity contribution is 5.93. The van der Waals surface area contributed by atoms with Crippen LogP contribution in [-0.2, 0) is 0 Å². The lowest BCUT2D eigenvalue weighted by molar-refractivity contribution is 0.393. The van der Waals surface area contributed by atoms with Crippen LogP contribution in [0.2, 0.25) is 0 Å². The minimum Gasteiger partial charge on any atom is -0.330 e. The van der Waals surface area contributed by atoms with E-state index in [1.165, 1.54) is 51.1 Å². The third kappa shape index (κ3) is 3.79.